The standard InChI is InChI=1S/C19H18O/c1-19(16-10-6-3-7-11-16)13-12-17(20)14-18(19)15-8-4-2-5-9-15/h2-13,18H,14H2,1H3/t18-,19-/m0/s1. The van der Waals surface area contributed by atoms with Gasteiger partial charge in [-0.15, -0.1) is 0 Å². The quantitative estimate of drug-likeness (QED) is 0.790. The molecule has 0 aliphatic heterocycles. The van der Waals surface area contributed by atoms with Gasteiger partial charge in [0.05, 0.1) is 0 Å². The largest absolute Gasteiger partial charge is 0.295 e. The Kier molecular flexibility index (Phi) is 3.27. The Hall–Kier alpha value is -2.15. The summed E-state index contributed by atoms with van der Waals surface area (Å²) in [5.41, 5.74) is 2.37. The molecular formula is C19H18O. The molecule has 0 unspecified atom stereocenters. The average molecular weight is 262 g/mol. The van der Waals surface area contributed by atoms with Gasteiger partial charge in [0.2, 0.25) is 0 Å². The van der Waals surface area contributed by atoms with Crippen molar-refractivity contribution in [2.24, 2.45) is 0 Å². The van der Waals surface area contributed by atoms with Crippen LogP contribution >= 0.6 is 0 Å². The maximum Gasteiger partial charge on any atom is 0.156 e. The van der Waals surface area contributed by atoms with E-state index in [4.69, 9.17) is 0 Å². The van der Waals surface area contributed by atoms with E-state index in [9.17, 15) is 4.79 Å². The molecule has 1 aliphatic rings. The molecule has 2 aromatic carbocycles. The van der Waals surface area contributed by atoms with E-state index >= 15 is 0 Å². The first-order valence-electron chi connectivity index (χ1n) is 7.03. The fourth-order valence-electron chi connectivity index (χ4n) is 3.11. The van der Waals surface area contributed by atoms with Crippen LogP contribution in [0, 0.1) is 0 Å². The summed E-state index contributed by atoms with van der Waals surface area (Å²) in [5, 5.41) is 0. The molecule has 3 rings (SSSR count). The molecular weight excluding hydrogens is 244 g/mol. The topological polar surface area (TPSA) is 17.1 Å². The second kappa shape index (κ2) is 5.09. The van der Waals surface area contributed by atoms with Gasteiger partial charge < -0.3 is 0 Å². The number of carbonyl (C=O) groups excluding carboxylic acids is 1. The van der Waals surface area contributed by atoms with E-state index in [1.54, 1.807) is 6.08 Å². The van der Waals surface area contributed by atoms with Crippen molar-refractivity contribution in [1.29, 1.82) is 0 Å². The maximum atomic E-state index is 11.9. The van der Waals surface area contributed by atoms with Crippen molar-refractivity contribution >= 4 is 5.78 Å². The van der Waals surface area contributed by atoms with Crippen LogP contribution in [0.5, 0.6) is 0 Å². The molecule has 100 valence electrons. The summed E-state index contributed by atoms with van der Waals surface area (Å²) in [6, 6.07) is 20.8. The molecule has 0 heterocycles. The Morgan fingerprint density at radius 3 is 2.20 bits per heavy atom. The van der Waals surface area contributed by atoms with Gasteiger partial charge in [-0.1, -0.05) is 73.7 Å². The molecule has 20 heavy (non-hydrogen) atoms. The molecule has 0 saturated heterocycles. The number of benzene rings is 2. The van der Waals surface area contributed by atoms with Crippen molar-refractivity contribution in [1.82, 2.24) is 0 Å². The highest BCUT2D eigenvalue weighted by atomic mass is 16.1. The lowest BCUT2D eigenvalue weighted by atomic mass is 9.64. The summed E-state index contributed by atoms with van der Waals surface area (Å²) < 4.78 is 0. The van der Waals surface area contributed by atoms with Gasteiger partial charge in [-0.3, -0.25) is 4.79 Å². The summed E-state index contributed by atoms with van der Waals surface area (Å²) in [4.78, 5) is 11.9. The summed E-state index contributed by atoms with van der Waals surface area (Å²) in [6.45, 7) is 2.23. The normalized spacial score (nSPS) is 25.6. The SMILES string of the molecule is C[C@@]1(c2ccccc2)C=CC(=O)C[C@H]1c1ccccc1. The van der Waals surface area contributed by atoms with Crippen LogP contribution in [-0.4, -0.2) is 5.78 Å². The molecule has 1 heteroatoms. The van der Waals surface area contributed by atoms with Gasteiger partial charge in [-0.05, 0) is 17.2 Å². The molecule has 0 fully saturated rings. The van der Waals surface area contributed by atoms with E-state index < -0.39 is 0 Å². The van der Waals surface area contributed by atoms with Gasteiger partial charge in [-0.25, -0.2) is 0 Å². The Balaban J connectivity index is 2.11. The monoisotopic (exact) mass is 262 g/mol. The Morgan fingerprint density at radius 1 is 0.950 bits per heavy atom. The van der Waals surface area contributed by atoms with Gasteiger partial charge in [0, 0.05) is 17.8 Å². The van der Waals surface area contributed by atoms with Crippen LogP contribution in [0.15, 0.2) is 72.8 Å². The number of rotatable bonds is 2. The van der Waals surface area contributed by atoms with Crippen molar-refractivity contribution < 1.29 is 4.79 Å². The summed E-state index contributed by atoms with van der Waals surface area (Å²) in [7, 11) is 0. The molecule has 2 aromatic rings. The first kappa shape index (κ1) is 12.9. The second-order valence-electron chi connectivity index (χ2n) is 5.62. The minimum Gasteiger partial charge on any atom is -0.295 e. The first-order chi connectivity index (χ1) is 9.70. The zero-order valence-electron chi connectivity index (χ0n) is 11.6. The number of hydrogen-bond donors (Lipinski definition) is 0. The van der Waals surface area contributed by atoms with Crippen LogP contribution < -0.4 is 0 Å². The smallest absolute Gasteiger partial charge is 0.156 e. The lowest BCUT2D eigenvalue weighted by Crippen LogP contribution is -2.33. The highest BCUT2D eigenvalue weighted by molar-refractivity contribution is 5.92. The molecule has 0 amide bonds. The summed E-state index contributed by atoms with van der Waals surface area (Å²) in [6.07, 6.45) is 4.39. The second-order valence-corrected chi connectivity index (χ2v) is 5.62. The van der Waals surface area contributed by atoms with Crippen molar-refractivity contribution in [2.45, 2.75) is 24.7 Å². The van der Waals surface area contributed by atoms with E-state index in [1.165, 1.54) is 11.1 Å². The molecule has 0 aromatic heterocycles. The van der Waals surface area contributed by atoms with Crippen LogP contribution in [0.1, 0.15) is 30.4 Å². The third kappa shape index (κ3) is 2.20. The minimum absolute atomic E-state index is 0.128. The van der Waals surface area contributed by atoms with E-state index in [-0.39, 0.29) is 17.1 Å². The third-order valence-corrected chi connectivity index (χ3v) is 4.34. The Labute approximate surface area is 120 Å². The fraction of sp³-hybridized carbons (Fsp3) is 0.211. The van der Waals surface area contributed by atoms with E-state index in [1.807, 2.05) is 24.3 Å². The molecule has 2 atom stereocenters. The van der Waals surface area contributed by atoms with Crippen molar-refractivity contribution in [3.63, 3.8) is 0 Å². The first-order valence-corrected chi connectivity index (χ1v) is 7.03. The van der Waals surface area contributed by atoms with Crippen molar-refractivity contribution in [2.75, 3.05) is 0 Å². The molecule has 0 saturated carbocycles. The number of ketones is 1. The van der Waals surface area contributed by atoms with Crippen molar-refractivity contribution in [3.8, 4) is 0 Å². The zero-order chi connectivity index (χ0) is 14.0. The van der Waals surface area contributed by atoms with Crippen LogP contribution in [0.4, 0.5) is 0 Å². The average Bonchev–Trinajstić information content (AvgIpc) is 2.51. The van der Waals surface area contributed by atoms with Gasteiger partial charge in [0.1, 0.15) is 0 Å². The predicted molar refractivity (Wildman–Crippen MR) is 81.7 cm³/mol. The maximum absolute atomic E-state index is 11.9. The molecule has 0 N–H and O–H groups in total. The number of hydrogen-bond acceptors (Lipinski definition) is 1. The van der Waals surface area contributed by atoms with Crippen LogP contribution in [-0.2, 0) is 10.2 Å². The molecule has 0 radical (unpaired) electrons. The van der Waals surface area contributed by atoms with Crippen LogP contribution in [0.2, 0.25) is 0 Å². The zero-order valence-corrected chi connectivity index (χ0v) is 11.6. The molecule has 0 bridgehead atoms. The summed E-state index contributed by atoms with van der Waals surface area (Å²) in [5.74, 6) is 0.413. The molecule has 0 spiro atoms. The van der Waals surface area contributed by atoms with E-state index in [0.717, 1.165) is 0 Å². The summed E-state index contributed by atoms with van der Waals surface area (Å²) >= 11 is 0. The predicted octanol–water partition coefficient (Wildman–Crippen LogP) is 4.26. The fourth-order valence-corrected chi connectivity index (χ4v) is 3.11. The highest BCUT2D eigenvalue weighted by Gasteiger charge is 2.38. The van der Waals surface area contributed by atoms with Gasteiger partial charge >= 0.3 is 0 Å². The Morgan fingerprint density at radius 2 is 1.55 bits per heavy atom. The Bertz CT molecular complexity index is 627. The number of allylic oxidation sites excluding steroid dienone is 2. The molecule has 1 nitrogen and oxygen atoms in total. The highest BCUT2D eigenvalue weighted by Crippen LogP contribution is 2.44. The third-order valence-electron chi connectivity index (χ3n) is 4.34. The van der Waals surface area contributed by atoms with Gasteiger partial charge in [-0.2, -0.15) is 0 Å². The lowest BCUT2D eigenvalue weighted by molar-refractivity contribution is -0.115. The van der Waals surface area contributed by atoms with Crippen LogP contribution in [0.25, 0.3) is 0 Å². The van der Waals surface area contributed by atoms with Crippen molar-refractivity contribution in [3.05, 3.63) is 83.9 Å². The van der Waals surface area contributed by atoms with E-state index in [2.05, 4.69) is 49.4 Å². The van der Waals surface area contributed by atoms with Gasteiger partial charge in [0.25, 0.3) is 0 Å². The number of carbonyl (C=O) groups is 1. The molecule has 1 aliphatic carbocycles. The van der Waals surface area contributed by atoms with E-state index in [0.29, 0.717) is 6.42 Å². The van der Waals surface area contributed by atoms with Gasteiger partial charge in [0.15, 0.2) is 5.78 Å². The lowest BCUT2D eigenvalue weighted by Gasteiger charge is -2.38. The minimum atomic E-state index is -0.128. The van der Waals surface area contributed by atoms with Crippen LogP contribution in [0.3, 0.4) is 0 Å².